The average Bonchev–Trinajstić information content (AvgIpc) is 2.89. The van der Waals surface area contributed by atoms with Crippen molar-refractivity contribution in [2.75, 3.05) is 6.54 Å². The monoisotopic (exact) mass is 520 g/mol. The summed E-state index contributed by atoms with van der Waals surface area (Å²) in [5.74, 6) is 0.000203. The molecule has 0 saturated heterocycles. The van der Waals surface area contributed by atoms with Crippen LogP contribution in [-0.4, -0.2) is 12.5 Å². The lowest BCUT2D eigenvalue weighted by atomic mass is 10.0. The van der Waals surface area contributed by atoms with Crippen molar-refractivity contribution in [3.05, 3.63) is 12.2 Å². The Labute approximate surface area is 234 Å². The second-order valence-electron chi connectivity index (χ2n) is 11.9. The number of rotatable bonds is 31. The van der Waals surface area contributed by atoms with Crippen molar-refractivity contribution in [1.82, 2.24) is 5.32 Å². The van der Waals surface area contributed by atoms with E-state index in [1.54, 1.807) is 6.92 Å². The van der Waals surface area contributed by atoms with Crippen LogP contribution in [0.4, 0.5) is 0 Å². The summed E-state index contributed by atoms with van der Waals surface area (Å²) in [4.78, 5) is 11.4. The number of amides is 1. The van der Waals surface area contributed by atoms with Gasteiger partial charge in [-0.15, -0.1) is 0 Å². The van der Waals surface area contributed by atoms with E-state index >= 15 is 0 Å². The minimum absolute atomic E-state index is 0.000203. The Kier molecular flexibility index (Phi) is 30.8. The number of unbranched alkanes of at least 4 members (excludes halogenated alkanes) is 28. The van der Waals surface area contributed by atoms with E-state index in [1.807, 2.05) is 0 Å². The molecule has 220 valence electrons. The van der Waals surface area contributed by atoms with E-state index in [4.69, 9.17) is 0 Å². The Morgan fingerprint density at radius 2 is 0.649 bits per heavy atom. The molecule has 0 heterocycles. The summed E-state index contributed by atoms with van der Waals surface area (Å²) in [6.07, 6.45) is 41.4. The largest absolute Gasteiger partial charge is 0.352 e. The summed E-state index contributed by atoms with van der Waals surface area (Å²) in [5.41, 5.74) is 0.607. The van der Waals surface area contributed by atoms with Crippen LogP contribution in [0, 0.1) is 0 Å². The molecular weight excluding hydrogens is 450 g/mol. The van der Waals surface area contributed by atoms with Crippen LogP contribution in [0.3, 0.4) is 0 Å². The predicted octanol–water partition coefficient (Wildman–Crippen LogP) is 12.0. The first-order chi connectivity index (χ1) is 18.2. The molecule has 0 aliphatic carbocycles. The molecule has 2 heteroatoms. The number of carbonyl (C=O) groups excluding carboxylic acids is 1. The summed E-state index contributed by atoms with van der Waals surface area (Å²) >= 11 is 0. The minimum atomic E-state index is 0.000203. The van der Waals surface area contributed by atoms with Gasteiger partial charge in [-0.05, 0) is 13.3 Å². The maximum absolute atomic E-state index is 11.4. The molecule has 0 radical (unpaired) electrons. The Morgan fingerprint density at radius 1 is 0.432 bits per heavy atom. The van der Waals surface area contributed by atoms with Crippen molar-refractivity contribution in [3.8, 4) is 0 Å². The SMILES string of the molecule is C=C(C)C(=O)NCCCCCCCCCCCCCCCCCCCCCCCCCCCCCCC. The second kappa shape index (κ2) is 31.4. The topological polar surface area (TPSA) is 29.1 Å². The molecule has 0 aromatic rings. The number of nitrogens with one attached hydrogen (secondary N) is 1. The molecule has 0 unspecified atom stereocenters. The zero-order valence-corrected chi connectivity index (χ0v) is 25.8. The molecule has 0 atom stereocenters. The first-order valence-corrected chi connectivity index (χ1v) is 17.1. The van der Waals surface area contributed by atoms with Crippen molar-refractivity contribution in [2.24, 2.45) is 0 Å². The number of hydrogen-bond donors (Lipinski definition) is 1. The number of carbonyl (C=O) groups is 1. The predicted molar refractivity (Wildman–Crippen MR) is 167 cm³/mol. The highest BCUT2D eigenvalue weighted by molar-refractivity contribution is 5.91. The molecule has 2 nitrogen and oxygen atoms in total. The van der Waals surface area contributed by atoms with Crippen LogP contribution < -0.4 is 5.32 Å². The summed E-state index contributed by atoms with van der Waals surface area (Å²) in [7, 11) is 0. The third kappa shape index (κ3) is 31.3. The van der Waals surface area contributed by atoms with Crippen LogP contribution in [0.15, 0.2) is 12.2 Å². The first kappa shape index (κ1) is 36.2. The van der Waals surface area contributed by atoms with Gasteiger partial charge in [0, 0.05) is 12.1 Å². The van der Waals surface area contributed by atoms with E-state index in [-0.39, 0.29) is 5.91 Å². The Bertz CT molecular complexity index is 472. The molecule has 0 bridgehead atoms. The minimum Gasteiger partial charge on any atom is -0.352 e. The van der Waals surface area contributed by atoms with Crippen LogP contribution >= 0.6 is 0 Å². The quantitative estimate of drug-likeness (QED) is 0.0716. The molecular formula is C35H69NO. The smallest absolute Gasteiger partial charge is 0.246 e. The fraction of sp³-hybridized carbons (Fsp3) is 0.914. The maximum Gasteiger partial charge on any atom is 0.246 e. The van der Waals surface area contributed by atoms with E-state index in [0.29, 0.717) is 5.57 Å². The van der Waals surface area contributed by atoms with Gasteiger partial charge in [0.15, 0.2) is 0 Å². The van der Waals surface area contributed by atoms with Gasteiger partial charge in [-0.1, -0.05) is 193 Å². The van der Waals surface area contributed by atoms with E-state index in [1.165, 1.54) is 180 Å². The third-order valence-corrected chi connectivity index (χ3v) is 7.95. The first-order valence-electron chi connectivity index (χ1n) is 17.1. The standard InChI is InChI=1S/C35H69NO/c1-4-5-6-7-8-9-10-11-12-13-14-15-16-17-18-19-20-21-22-23-24-25-26-27-28-29-30-31-32-33-36-35(37)34(2)3/h2,4-33H2,1,3H3,(H,36,37). The average molecular weight is 520 g/mol. The van der Waals surface area contributed by atoms with Crippen LogP contribution in [0.2, 0.25) is 0 Å². The van der Waals surface area contributed by atoms with Gasteiger partial charge >= 0.3 is 0 Å². The maximum atomic E-state index is 11.4. The molecule has 0 rings (SSSR count). The molecule has 0 fully saturated rings. The summed E-state index contributed by atoms with van der Waals surface area (Å²) in [5, 5.41) is 2.91. The van der Waals surface area contributed by atoms with Gasteiger partial charge in [0.25, 0.3) is 0 Å². The molecule has 0 saturated carbocycles. The highest BCUT2D eigenvalue weighted by Gasteiger charge is 2.00. The van der Waals surface area contributed by atoms with Crippen LogP contribution in [0.1, 0.15) is 200 Å². The van der Waals surface area contributed by atoms with Crippen molar-refractivity contribution in [3.63, 3.8) is 0 Å². The van der Waals surface area contributed by atoms with E-state index < -0.39 is 0 Å². The summed E-state index contributed by atoms with van der Waals surface area (Å²) < 4.78 is 0. The van der Waals surface area contributed by atoms with Crippen LogP contribution in [0.25, 0.3) is 0 Å². The summed E-state index contributed by atoms with van der Waals surface area (Å²) in [6.45, 7) is 8.52. The molecule has 0 aromatic heterocycles. The molecule has 0 aliphatic rings. The fourth-order valence-electron chi connectivity index (χ4n) is 5.32. The van der Waals surface area contributed by atoms with Gasteiger partial charge in [0.05, 0.1) is 0 Å². The van der Waals surface area contributed by atoms with Crippen LogP contribution in [-0.2, 0) is 4.79 Å². The third-order valence-electron chi connectivity index (χ3n) is 7.95. The lowest BCUT2D eigenvalue weighted by Gasteiger charge is -2.05. The fourth-order valence-corrected chi connectivity index (χ4v) is 5.32. The lowest BCUT2D eigenvalue weighted by molar-refractivity contribution is -0.117. The highest BCUT2D eigenvalue weighted by atomic mass is 16.1. The Hall–Kier alpha value is -0.790. The molecule has 1 amide bonds. The van der Waals surface area contributed by atoms with Gasteiger partial charge in [-0.25, -0.2) is 0 Å². The van der Waals surface area contributed by atoms with Gasteiger partial charge in [0.2, 0.25) is 5.91 Å². The van der Waals surface area contributed by atoms with Crippen molar-refractivity contribution in [2.45, 2.75) is 200 Å². The molecule has 37 heavy (non-hydrogen) atoms. The normalized spacial score (nSPS) is 11.2. The van der Waals surface area contributed by atoms with Gasteiger partial charge in [0.1, 0.15) is 0 Å². The lowest BCUT2D eigenvalue weighted by Crippen LogP contribution is -2.24. The number of hydrogen-bond acceptors (Lipinski definition) is 1. The van der Waals surface area contributed by atoms with E-state index in [9.17, 15) is 4.79 Å². The van der Waals surface area contributed by atoms with Crippen molar-refractivity contribution < 1.29 is 4.79 Å². The van der Waals surface area contributed by atoms with Gasteiger partial charge in [-0.3, -0.25) is 4.79 Å². The van der Waals surface area contributed by atoms with Gasteiger partial charge < -0.3 is 5.32 Å². The second-order valence-corrected chi connectivity index (χ2v) is 11.9. The molecule has 0 aromatic carbocycles. The molecule has 1 N–H and O–H groups in total. The highest BCUT2D eigenvalue weighted by Crippen LogP contribution is 2.16. The van der Waals surface area contributed by atoms with Crippen molar-refractivity contribution >= 4 is 5.91 Å². The Morgan fingerprint density at radius 3 is 0.865 bits per heavy atom. The summed E-state index contributed by atoms with van der Waals surface area (Å²) in [6, 6.07) is 0. The zero-order chi connectivity index (χ0) is 27.1. The Balaban J connectivity index is 3.05. The molecule has 0 aliphatic heterocycles. The van der Waals surface area contributed by atoms with Crippen LogP contribution in [0.5, 0.6) is 0 Å². The van der Waals surface area contributed by atoms with E-state index in [2.05, 4.69) is 18.8 Å². The van der Waals surface area contributed by atoms with Crippen molar-refractivity contribution in [1.29, 1.82) is 0 Å². The molecule has 0 spiro atoms. The van der Waals surface area contributed by atoms with Gasteiger partial charge in [-0.2, -0.15) is 0 Å². The van der Waals surface area contributed by atoms with E-state index in [0.717, 1.165) is 13.0 Å². The zero-order valence-electron chi connectivity index (χ0n) is 25.8.